The van der Waals surface area contributed by atoms with Crippen LogP contribution in [-0.4, -0.2) is 41.9 Å². The molecule has 3 rings (SSSR count). The third kappa shape index (κ3) is 5.24. The van der Waals surface area contributed by atoms with Gasteiger partial charge in [-0.1, -0.05) is 30.3 Å². The van der Waals surface area contributed by atoms with Crippen LogP contribution >= 0.6 is 0 Å². The van der Waals surface area contributed by atoms with Crippen LogP contribution in [0.3, 0.4) is 0 Å². The molecular weight excluding hydrogens is 338 g/mol. The van der Waals surface area contributed by atoms with Gasteiger partial charge in [-0.05, 0) is 74.4 Å². The van der Waals surface area contributed by atoms with Gasteiger partial charge in [-0.25, -0.2) is 0 Å². The van der Waals surface area contributed by atoms with Crippen molar-refractivity contribution in [1.29, 1.82) is 0 Å². The van der Waals surface area contributed by atoms with Gasteiger partial charge in [-0.2, -0.15) is 0 Å². The highest BCUT2D eigenvalue weighted by Gasteiger charge is 2.33. The van der Waals surface area contributed by atoms with E-state index in [4.69, 9.17) is 4.74 Å². The van der Waals surface area contributed by atoms with E-state index in [1.165, 1.54) is 5.56 Å². The van der Waals surface area contributed by atoms with E-state index in [-0.39, 0.29) is 12.0 Å². The number of aliphatic hydroxyl groups excluding tert-OH is 1. The quantitative estimate of drug-likeness (QED) is 0.738. The Hall–Kier alpha value is -2.04. The second-order valence-corrected chi connectivity index (χ2v) is 7.77. The highest BCUT2D eigenvalue weighted by Crippen LogP contribution is 2.37. The lowest BCUT2D eigenvalue weighted by molar-refractivity contribution is 0.0327. The van der Waals surface area contributed by atoms with Gasteiger partial charge in [0.25, 0.3) is 0 Å². The van der Waals surface area contributed by atoms with Crippen LogP contribution in [0.5, 0.6) is 11.5 Å². The van der Waals surface area contributed by atoms with Gasteiger partial charge in [0.05, 0.1) is 7.11 Å². The van der Waals surface area contributed by atoms with Gasteiger partial charge in [-0.15, -0.1) is 0 Å². The Balaban J connectivity index is 1.51. The molecule has 2 N–H and O–H groups in total. The summed E-state index contributed by atoms with van der Waals surface area (Å²) in [5.74, 6) is 1.09. The predicted octanol–water partition coefficient (Wildman–Crippen LogP) is 4.00. The minimum absolute atomic E-state index is 0.0434. The Morgan fingerprint density at radius 2 is 1.81 bits per heavy atom. The summed E-state index contributed by atoms with van der Waals surface area (Å²) in [7, 11) is 1.64. The third-order valence-electron chi connectivity index (χ3n) is 5.95. The van der Waals surface area contributed by atoms with Crippen LogP contribution in [0.4, 0.5) is 0 Å². The van der Waals surface area contributed by atoms with E-state index in [1.54, 1.807) is 19.2 Å². The number of nitrogens with zero attached hydrogens (tertiary/aromatic N) is 1. The maximum Gasteiger partial charge on any atom is 0.120 e. The number of rotatable bonds is 8. The second kappa shape index (κ2) is 9.25. The van der Waals surface area contributed by atoms with E-state index in [0.29, 0.717) is 12.3 Å². The molecule has 1 heterocycles. The number of likely N-dealkylation sites (tertiary alicyclic amines) is 1. The maximum atomic E-state index is 10.1. The molecule has 1 saturated heterocycles. The molecule has 0 bridgehead atoms. The molecule has 2 aromatic rings. The van der Waals surface area contributed by atoms with Crippen LogP contribution < -0.4 is 4.74 Å². The van der Waals surface area contributed by atoms with Crippen LogP contribution in [0.15, 0.2) is 48.5 Å². The summed E-state index contributed by atoms with van der Waals surface area (Å²) in [6, 6.07) is 16.0. The number of phenols is 1. The smallest absolute Gasteiger partial charge is 0.120 e. The SMILES string of the molecule is COc1ccc(O)c(CN2CCC(CO)(CCCc3ccccc3)CC2)c1. The number of methoxy groups -OCH3 is 1. The van der Waals surface area contributed by atoms with E-state index in [2.05, 4.69) is 35.2 Å². The largest absolute Gasteiger partial charge is 0.508 e. The molecule has 1 aliphatic heterocycles. The lowest BCUT2D eigenvalue weighted by Gasteiger charge is -2.41. The number of aryl methyl sites for hydroxylation is 1. The average Bonchev–Trinajstić information content (AvgIpc) is 2.72. The number of piperidine rings is 1. The van der Waals surface area contributed by atoms with Gasteiger partial charge < -0.3 is 14.9 Å². The fourth-order valence-corrected chi connectivity index (χ4v) is 4.04. The first kappa shape index (κ1) is 19.7. The summed E-state index contributed by atoms with van der Waals surface area (Å²) < 4.78 is 5.27. The van der Waals surface area contributed by atoms with Crippen molar-refractivity contribution >= 4 is 0 Å². The van der Waals surface area contributed by atoms with Gasteiger partial charge in [0.2, 0.25) is 0 Å². The van der Waals surface area contributed by atoms with Gasteiger partial charge in [0, 0.05) is 18.7 Å². The molecule has 0 unspecified atom stereocenters. The molecule has 0 saturated carbocycles. The van der Waals surface area contributed by atoms with Crippen molar-refractivity contribution < 1.29 is 14.9 Å². The van der Waals surface area contributed by atoms with Crippen molar-refractivity contribution in [2.24, 2.45) is 5.41 Å². The summed E-state index contributed by atoms with van der Waals surface area (Å²) in [4.78, 5) is 2.36. The van der Waals surface area contributed by atoms with E-state index in [9.17, 15) is 10.2 Å². The summed E-state index contributed by atoms with van der Waals surface area (Å²) in [6.07, 6.45) is 5.26. The zero-order chi connectivity index (χ0) is 19.1. The number of phenolic OH excluding ortho intramolecular Hbond substituents is 1. The number of aromatic hydroxyl groups is 1. The molecule has 4 heteroatoms. The number of hydrogen-bond donors (Lipinski definition) is 2. The van der Waals surface area contributed by atoms with Crippen LogP contribution in [0.1, 0.15) is 36.8 Å². The number of benzene rings is 2. The average molecular weight is 370 g/mol. The summed E-state index contributed by atoms with van der Waals surface area (Å²) in [6.45, 7) is 2.87. The zero-order valence-corrected chi connectivity index (χ0v) is 16.2. The molecule has 0 aliphatic carbocycles. The molecular formula is C23H31NO3. The molecule has 0 radical (unpaired) electrons. The fourth-order valence-electron chi connectivity index (χ4n) is 4.04. The van der Waals surface area contributed by atoms with Crippen molar-refractivity contribution in [2.45, 2.75) is 38.6 Å². The Bertz CT molecular complexity index is 709. The number of aliphatic hydroxyl groups is 1. The summed E-state index contributed by atoms with van der Waals surface area (Å²) >= 11 is 0. The minimum Gasteiger partial charge on any atom is -0.508 e. The Labute approximate surface area is 162 Å². The Kier molecular flexibility index (Phi) is 6.75. The summed E-state index contributed by atoms with van der Waals surface area (Å²) in [5, 5.41) is 20.2. The van der Waals surface area contributed by atoms with E-state index in [0.717, 1.165) is 56.5 Å². The third-order valence-corrected chi connectivity index (χ3v) is 5.95. The topological polar surface area (TPSA) is 52.9 Å². The molecule has 27 heavy (non-hydrogen) atoms. The van der Waals surface area contributed by atoms with Crippen molar-refractivity contribution in [1.82, 2.24) is 4.90 Å². The van der Waals surface area contributed by atoms with Gasteiger partial charge in [0.1, 0.15) is 11.5 Å². The molecule has 0 amide bonds. The first-order valence-corrected chi connectivity index (χ1v) is 9.87. The van der Waals surface area contributed by atoms with Crippen molar-refractivity contribution in [3.05, 3.63) is 59.7 Å². The van der Waals surface area contributed by atoms with Crippen molar-refractivity contribution in [2.75, 3.05) is 26.8 Å². The Morgan fingerprint density at radius 1 is 1.07 bits per heavy atom. The zero-order valence-electron chi connectivity index (χ0n) is 16.2. The maximum absolute atomic E-state index is 10.1. The lowest BCUT2D eigenvalue weighted by atomic mass is 9.75. The summed E-state index contributed by atoms with van der Waals surface area (Å²) in [5.41, 5.74) is 2.31. The highest BCUT2D eigenvalue weighted by molar-refractivity contribution is 5.39. The van der Waals surface area contributed by atoms with Crippen molar-refractivity contribution in [3.63, 3.8) is 0 Å². The minimum atomic E-state index is 0.0434. The van der Waals surface area contributed by atoms with Crippen LogP contribution in [-0.2, 0) is 13.0 Å². The van der Waals surface area contributed by atoms with Gasteiger partial charge >= 0.3 is 0 Å². The van der Waals surface area contributed by atoms with Gasteiger partial charge in [-0.3, -0.25) is 4.90 Å². The van der Waals surface area contributed by atoms with Crippen LogP contribution in [0.25, 0.3) is 0 Å². The van der Waals surface area contributed by atoms with Crippen LogP contribution in [0, 0.1) is 5.41 Å². The predicted molar refractivity (Wildman–Crippen MR) is 108 cm³/mol. The monoisotopic (exact) mass is 369 g/mol. The number of hydrogen-bond acceptors (Lipinski definition) is 4. The van der Waals surface area contributed by atoms with Gasteiger partial charge in [0.15, 0.2) is 0 Å². The van der Waals surface area contributed by atoms with Crippen molar-refractivity contribution in [3.8, 4) is 11.5 Å². The Morgan fingerprint density at radius 3 is 2.48 bits per heavy atom. The fraction of sp³-hybridized carbons (Fsp3) is 0.478. The standard InChI is InChI=1S/C23H31NO3/c1-27-21-9-10-22(26)20(16-21)17-24-14-12-23(18-25,13-15-24)11-5-8-19-6-3-2-4-7-19/h2-4,6-7,9-10,16,25-26H,5,8,11-15,17-18H2,1H3. The molecule has 0 spiro atoms. The molecule has 146 valence electrons. The van der Waals surface area contributed by atoms with E-state index < -0.39 is 0 Å². The molecule has 2 aromatic carbocycles. The number of ether oxygens (including phenoxy) is 1. The molecule has 1 aliphatic rings. The molecule has 0 atom stereocenters. The normalized spacial score (nSPS) is 17.0. The van der Waals surface area contributed by atoms with Crippen LogP contribution in [0.2, 0.25) is 0 Å². The van der Waals surface area contributed by atoms with E-state index in [1.807, 2.05) is 6.07 Å². The molecule has 4 nitrogen and oxygen atoms in total. The lowest BCUT2D eigenvalue weighted by Crippen LogP contribution is -2.41. The highest BCUT2D eigenvalue weighted by atomic mass is 16.5. The molecule has 0 aromatic heterocycles. The van der Waals surface area contributed by atoms with E-state index >= 15 is 0 Å². The molecule has 1 fully saturated rings. The first-order valence-electron chi connectivity index (χ1n) is 9.87. The first-order chi connectivity index (χ1) is 13.1. The second-order valence-electron chi connectivity index (χ2n) is 7.77.